The first kappa shape index (κ1) is 21.6. The minimum atomic E-state index is -4.39. The molecule has 0 unspecified atom stereocenters. The van der Waals surface area contributed by atoms with Gasteiger partial charge in [0.1, 0.15) is 0 Å². The van der Waals surface area contributed by atoms with Gasteiger partial charge in [-0.1, -0.05) is 23.7 Å². The van der Waals surface area contributed by atoms with Crippen molar-refractivity contribution in [1.29, 1.82) is 0 Å². The summed E-state index contributed by atoms with van der Waals surface area (Å²) in [5.41, 5.74) is -0.609. The largest absolute Gasteiger partial charge is 0.476 e. The molecule has 7 nitrogen and oxygen atoms in total. The molecule has 2 heterocycles. The van der Waals surface area contributed by atoms with E-state index in [1.165, 1.54) is 12.3 Å². The van der Waals surface area contributed by atoms with E-state index in [4.69, 9.17) is 21.4 Å². The smallest absolute Gasteiger partial charge is 0.416 e. The molecule has 3 atom stereocenters. The van der Waals surface area contributed by atoms with Crippen LogP contribution in [-0.4, -0.2) is 51.0 Å². The minimum Gasteiger partial charge on any atom is -0.476 e. The molecular weight excluding hydrogens is 439 g/mol. The third-order valence-corrected chi connectivity index (χ3v) is 6.06. The van der Waals surface area contributed by atoms with Crippen LogP contribution in [0, 0.1) is 11.8 Å². The molecule has 0 bridgehead atoms. The fraction of sp³-hybridized carbons (Fsp3) is 0.450. The van der Waals surface area contributed by atoms with Gasteiger partial charge >= 0.3 is 18.2 Å². The molecule has 2 aromatic rings. The lowest BCUT2D eigenvalue weighted by atomic mass is 10.0. The Labute approximate surface area is 180 Å². The number of carboxylic acid groups (broad SMARTS) is 1. The van der Waals surface area contributed by atoms with Gasteiger partial charge < -0.3 is 14.7 Å². The van der Waals surface area contributed by atoms with Crippen molar-refractivity contribution in [3.05, 3.63) is 52.3 Å². The molecule has 4 rings (SSSR count). The van der Waals surface area contributed by atoms with Gasteiger partial charge in [0.15, 0.2) is 5.69 Å². The van der Waals surface area contributed by atoms with Gasteiger partial charge in [-0.25, -0.2) is 9.59 Å². The third-order valence-electron chi connectivity index (χ3n) is 5.79. The van der Waals surface area contributed by atoms with Crippen LogP contribution in [0.2, 0.25) is 5.02 Å². The highest BCUT2D eigenvalue weighted by molar-refractivity contribution is 6.33. The summed E-state index contributed by atoms with van der Waals surface area (Å²) < 4.78 is 45.3. The quantitative estimate of drug-likeness (QED) is 0.745. The Hall–Kier alpha value is -2.59. The lowest BCUT2D eigenvalue weighted by molar-refractivity contribution is -0.137. The van der Waals surface area contributed by atoms with Crippen molar-refractivity contribution in [1.82, 2.24) is 14.7 Å². The van der Waals surface area contributed by atoms with E-state index in [-0.39, 0.29) is 35.3 Å². The first-order valence-electron chi connectivity index (χ1n) is 9.67. The Balaban J connectivity index is 1.31. The number of aromatic carboxylic acids is 1. The highest BCUT2D eigenvalue weighted by Crippen LogP contribution is 2.40. The number of nitrogens with zero attached hydrogens (tertiary/aromatic N) is 3. The molecule has 1 saturated carbocycles. The Morgan fingerprint density at radius 3 is 2.48 bits per heavy atom. The molecule has 1 amide bonds. The van der Waals surface area contributed by atoms with Gasteiger partial charge in [-0.3, -0.25) is 0 Å². The molecule has 166 valence electrons. The summed E-state index contributed by atoms with van der Waals surface area (Å²) in [5, 5.41) is 12.7. The second kappa shape index (κ2) is 8.16. The van der Waals surface area contributed by atoms with Crippen molar-refractivity contribution in [3.8, 4) is 0 Å². The van der Waals surface area contributed by atoms with Crippen LogP contribution in [0.1, 0.15) is 34.5 Å². The molecular formula is C20H19ClF3N3O4. The van der Waals surface area contributed by atoms with Gasteiger partial charge in [-0.15, -0.1) is 0 Å². The maximum absolute atomic E-state index is 12.8. The van der Waals surface area contributed by atoms with Crippen LogP contribution in [0.5, 0.6) is 0 Å². The van der Waals surface area contributed by atoms with Crippen molar-refractivity contribution >= 4 is 23.6 Å². The van der Waals surface area contributed by atoms with Crippen LogP contribution >= 0.6 is 11.6 Å². The Morgan fingerprint density at radius 2 is 1.90 bits per heavy atom. The Morgan fingerprint density at radius 1 is 1.23 bits per heavy atom. The average molecular weight is 458 g/mol. The number of hydrogen-bond acceptors (Lipinski definition) is 4. The van der Waals surface area contributed by atoms with Crippen LogP contribution in [0.15, 0.2) is 30.5 Å². The number of alkyl halides is 3. The lowest BCUT2D eigenvalue weighted by Gasteiger charge is -2.19. The van der Waals surface area contributed by atoms with Crippen molar-refractivity contribution < 1.29 is 32.6 Å². The summed E-state index contributed by atoms with van der Waals surface area (Å²) >= 11 is 5.81. The Bertz CT molecular complexity index is 996. The first-order chi connectivity index (χ1) is 14.6. The number of hydrogen-bond donors (Lipinski definition) is 1. The molecule has 1 aliphatic heterocycles. The topological polar surface area (TPSA) is 84.7 Å². The van der Waals surface area contributed by atoms with Crippen LogP contribution in [0.4, 0.5) is 18.0 Å². The van der Waals surface area contributed by atoms with Gasteiger partial charge in [0, 0.05) is 13.1 Å². The van der Waals surface area contributed by atoms with Crippen LogP contribution < -0.4 is 0 Å². The SMILES string of the molecule is O=C(O)c1nn(C(=O)N2C[C@H]3C[C@H](OCc4cccc(C(F)(F)F)c4)C[C@H]3C2)cc1Cl. The second-order valence-electron chi connectivity index (χ2n) is 7.89. The lowest BCUT2D eigenvalue weighted by Crippen LogP contribution is -2.34. The molecule has 11 heteroatoms. The van der Waals surface area contributed by atoms with E-state index in [1.54, 1.807) is 11.0 Å². The van der Waals surface area contributed by atoms with Crippen molar-refractivity contribution in [2.75, 3.05) is 13.1 Å². The summed E-state index contributed by atoms with van der Waals surface area (Å²) in [6.07, 6.45) is -1.89. The summed E-state index contributed by atoms with van der Waals surface area (Å²) in [5.74, 6) is -0.892. The van der Waals surface area contributed by atoms with Crippen LogP contribution in [0.25, 0.3) is 0 Å². The summed E-state index contributed by atoms with van der Waals surface area (Å²) in [4.78, 5) is 25.3. The van der Waals surface area contributed by atoms with E-state index in [1.807, 2.05) is 0 Å². The van der Waals surface area contributed by atoms with Gasteiger partial charge in [0.25, 0.3) is 0 Å². The van der Waals surface area contributed by atoms with Crippen molar-refractivity contribution in [3.63, 3.8) is 0 Å². The summed E-state index contributed by atoms with van der Waals surface area (Å²) in [6.45, 7) is 1.06. The van der Waals surface area contributed by atoms with E-state index in [2.05, 4.69) is 5.10 Å². The summed E-state index contributed by atoms with van der Waals surface area (Å²) in [7, 11) is 0. The van der Waals surface area contributed by atoms with E-state index >= 15 is 0 Å². The number of amides is 1. The number of fused-ring (bicyclic) bond motifs is 1. The molecule has 2 aliphatic rings. The molecule has 1 aromatic heterocycles. The van der Waals surface area contributed by atoms with Crippen LogP contribution in [0.3, 0.4) is 0 Å². The first-order valence-corrected chi connectivity index (χ1v) is 10.0. The number of carbonyl (C=O) groups excluding carboxylic acids is 1. The number of carbonyl (C=O) groups is 2. The fourth-order valence-electron chi connectivity index (χ4n) is 4.33. The van der Waals surface area contributed by atoms with Gasteiger partial charge in [-0.05, 0) is 42.4 Å². The number of likely N-dealkylation sites (tertiary alicyclic amines) is 1. The number of benzene rings is 1. The van der Waals surface area contributed by atoms with E-state index in [0.29, 0.717) is 31.5 Å². The normalized spacial score (nSPS) is 23.2. The standard InChI is InChI=1S/C20H19ClF3N3O4/c21-16-9-27(25-17(16)18(28)29)19(30)26-7-12-5-15(6-13(12)8-26)31-10-11-2-1-3-14(4-11)20(22,23)24/h1-4,9,12-13,15H,5-8,10H2,(H,28,29)/t12-,13+,15+. The Kier molecular flexibility index (Phi) is 5.69. The number of rotatable bonds is 4. The average Bonchev–Trinajstić information content (AvgIpc) is 3.38. The zero-order valence-corrected chi connectivity index (χ0v) is 16.9. The monoisotopic (exact) mass is 457 g/mol. The van der Waals surface area contributed by atoms with Crippen LogP contribution in [-0.2, 0) is 17.5 Å². The van der Waals surface area contributed by atoms with E-state index < -0.39 is 23.7 Å². The van der Waals surface area contributed by atoms with Gasteiger partial charge in [0.2, 0.25) is 0 Å². The number of aromatic nitrogens is 2. The maximum Gasteiger partial charge on any atom is 0.416 e. The zero-order chi connectivity index (χ0) is 22.3. The molecule has 1 saturated heterocycles. The molecule has 1 aliphatic carbocycles. The predicted octanol–water partition coefficient (Wildman–Crippen LogP) is 4.15. The predicted molar refractivity (Wildman–Crippen MR) is 103 cm³/mol. The molecule has 0 spiro atoms. The number of ether oxygens (including phenoxy) is 1. The van der Waals surface area contributed by atoms with E-state index in [0.717, 1.165) is 16.8 Å². The number of halogens is 4. The van der Waals surface area contributed by atoms with Crippen molar-refractivity contribution in [2.24, 2.45) is 11.8 Å². The highest BCUT2D eigenvalue weighted by atomic mass is 35.5. The second-order valence-corrected chi connectivity index (χ2v) is 8.29. The number of carboxylic acids is 1. The molecule has 1 N–H and O–H groups in total. The van der Waals surface area contributed by atoms with Crippen molar-refractivity contribution in [2.45, 2.75) is 31.7 Å². The zero-order valence-electron chi connectivity index (χ0n) is 16.2. The molecule has 0 radical (unpaired) electrons. The summed E-state index contributed by atoms with van der Waals surface area (Å²) in [6, 6.07) is 4.65. The molecule has 2 fully saturated rings. The highest BCUT2D eigenvalue weighted by Gasteiger charge is 2.43. The van der Waals surface area contributed by atoms with Gasteiger partial charge in [-0.2, -0.15) is 23.0 Å². The molecule has 1 aromatic carbocycles. The minimum absolute atomic E-state index is 0.0837. The van der Waals surface area contributed by atoms with Gasteiger partial charge in [0.05, 0.1) is 29.5 Å². The van der Waals surface area contributed by atoms with E-state index in [9.17, 15) is 22.8 Å². The third kappa shape index (κ3) is 4.54. The fourth-order valence-corrected chi connectivity index (χ4v) is 4.54. The maximum atomic E-state index is 12.8. The molecule has 31 heavy (non-hydrogen) atoms.